The van der Waals surface area contributed by atoms with Gasteiger partial charge in [0.2, 0.25) is 0 Å². The van der Waals surface area contributed by atoms with E-state index < -0.39 is 0 Å². The van der Waals surface area contributed by atoms with Crippen molar-refractivity contribution in [2.24, 2.45) is 0 Å². The van der Waals surface area contributed by atoms with Crippen LogP contribution < -0.4 is 0 Å². The molecule has 17 rings (SSSR count). The lowest BCUT2D eigenvalue weighted by Crippen LogP contribution is -2.06. The Morgan fingerprint density at radius 2 is 0.586 bits per heavy atom. The molecule has 0 unspecified atom stereocenters. The van der Waals surface area contributed by atoms with Crippen molar-refractivity contribution in [1.29, 1.82) is 31.6 Å². The molecule has 11 heteroatoms. The second-order valence-electron chi connectivity index (χ2n) is 24.3. The number of para-hydroxylation sites is 6. The Bertz CT molecular complexity index is 6000. The maximum Gasteiger partial charge on any atom is 0.160 e. The average Bonchev–Trinajstić information content (AvgIpc) is 1.63. The number of benzene rings is 13. The van der Waals surface area contributed by atoms with Gasteiger partial charge >= 0.3 is 0 Å². The fourth-order valence-corrected chi connectivity index (χ4v) is 14.6. The molecule has 0 saturated heterocycles. The van der Waals surface area contributed by atoms with E-state index in [1.807, 2.05) is 84.9 Å². The summed E-state index contributed by atoms with van der Waals surface area (Å²) >= 11 is 0. The highest BCUT2D eigenvalue weighted by molar-refractivity contribution is 6.15. The molecule has 99 heavy (non-hydrogen) atoms. The predicted molar refractivity (Wildman–Crippen MR) is 391 cm³/mol. The molecule has 0 fully saturated rings. The number of nitriles is 6. The first-order valence-electron chi connectivity index (χ1n) is 32.1. The van der Waals surface area contributed by atoms with Crippen molar-refractivity contribution >= 4 is 65.4 Å². The van der Waals surface area contributed by atoms with Crippen LogP contribution in [0.1, 0.15) is 33.4 Å². The minimum absolute atomic E-state index is 0.156. The Morgan fingerprint density at radius 3 is 0.980 bits per heavy atom. The zero-order chi connectivity index (χ0) is 66.8. The van der Waals surface area contributed by atoms with Gasteiger partial charge in [0.15, 0.2) is 5.82 Å². The topological polar surface area (TPSA) is 183 Å². The normalized spacial score (nSPS) is 11.2. The monoisotopic (exact) mass is 1260 g/mol. The summed E-state index contributed by atoms with van der Waals surface area (Å²) in [7, 11) is 0. The van der Waals surface area contributed by atoms with Crippen molar-refractivity contribution in [3.8, 4) is 132 Å². The molecule has 0 aliphatic carbocycles. The van der Waals surface area contributed by atoms with Crippen molar-refractivity contribution in [1.82, 2.24) is 23.7 Å². The third-order valence-electron chi connectivity index (χ3n) is 18.8. The molecule has 0 amide bonds. The van der Waals surface area contributed by atoms with Crippen LogP contribution >= 0.6 is 0 Å². The van der Waals surface area contributed by atoms with Gasteiger partial charge in [0.05, 0.1) is 131 Å². The van der Waals surface area contributed by atoms with E-state index in [4.69, 9.17) is 9.97 Å². The molecule has 0 saturated carbocycles. The van der Waals surface area contributed by atoms with E-state index in [-0.39, 0.29) is 33.4 Å². The number of rotatable bonds is 10. The maximum atomic E-state index is 10.8. The van der Waals surface area contributed by atoms with Gasteiger partial charge in [-0.05, 0) is 114 Å². The van der Waals surface area contributed by atoms with Crippen LogP contribution in [0, 0.1) is 68.0 Å². The molecule has 454 valence electrons. The summed E-state index contributed by atoms with van der Waals surface area (Å²) in [6.07, 6.45) is 0. The predicted octanol–water partition coefficient (Wildman–Crippen LogP) is 20.7. The zero-order valence-corrected chi connectivity index (χ0v) is 52.6. The van der Waals surface area contributed by atoms with Crippen LogP contribution in [0.3, 0.4) is 0 Å². The molecule has 4 aromatic heterocycles. The molecule has 13 aromatic carbocycles. The quantitative estimate of drug-likeness (QED) is 0.130. The van der Waals surface area contributed by atoms with E-state index in [9.17, 15) is 31.6 Å². The van der Waals surface area contributed by atoms with Crippen molar-refractivity contribution in [3.05, 3.63) is 318 Å². The minimum Gasteiger partial charge on any atom is -0.309 e. The Morgan fingerprint density at radius 1 is 0.242 bits per heavy atom. The Hall–Kier alpha value is -14.7. The third kappa shape index (κ3) is 9.45. The number of aromatic nitrogens is 5. The van der Waals surface area contributed by atoms with Crippen molar-refractivity contribution in [3.63, 3.8) is 0 Å². The van der Waals surface area contributed by atoms with Gasteiger partial charge in [-0.1, -0.05) is 182 Å². The first-order valence-corrected chi connectivity index (χ1v) is 32.1. The SMILES string of the molecule is N#Cc1cc(C#N)c(-c2ccc3c(c2)c2cc(-c4c(C#N)cc(C#N)cc4C#N)ccc2n3-c2c(-c3ccccc3-n3c4ccccc4c4ccccc43)cc(-c3cc(-c4ccccc4)nc(-c4ccccc4)n3)cc2-c2ccccc2-n2c3ccccc3c3ccccc32)c(C#N)c1. The van der Waals surface area contributed by atoms with Crippen LogP contribution in [0.4, 0.5) is 0 Å². The second kappa shape index (κ2) is 23.7. The van der Waals surface area contributed by atoms with Crippen LogP contribution in [0.2, 0.25) is 0 Å². The van der Waals surface area contributed by atoms with Gasteiger partial charge in [-0.3, -0.25) is 0 Å². The summed E-state index contributed by atoms with van der Waals surface area (Å²) in [6.45, 7) is 0. The highest BCUT2D eigenvalue weighted by Gasteiger charge is 2.29. The Labute approximate surface area is 567 Å². The van der Waals surface area contributed by atoms with Crippen molar-refractivity contribution in [2.45, 2.75) is 0 Å². The lowest BCUT2D eigenvalue weighted by molar-refractivity contribution is 1.15. The van der Waals surface area contributed by atoms with Gasteiger partial charge in [-0.2, -0.15) is 31.6 Å². The van der Waals surface area contributed by atoms with E-state index in [1.165, 1.54) is 24.3 Å². The number of hydrogen-bond acceptors (Lipinski definition) is 8. The van der Waals surface area contributed by atoms with Gasteiger partial charge < -0.3 is 13.7 Å². The summed E-state index contributed by atoms with van der Waals surface area (Å²) in [5.74, 6) is 0.548. The average molecular weight is 1260 g/mol. The van der Waals surface area contributed by atoms with Crippen LogP contribution in [-0.4, -0.2) is 23.7 Å². The largest absolute Gasteiger partial charge is 0.309 e. The lowest BCUT2D eigenvalue weighted by Gasteiger charge is -2.24. The first kappa shape index (κ1) is 58.1. The third-order valence-corrected chi connectivity index (χ3v) is 18.8. The molecule has 0 N–H and O–H groups in total. The van der Waals surface area contributed by atoms with Gasteiger partial charge in [0.1, 0.15) is 0 Å². The smallest absolute Gasteiger partial charge is 0.160 e. The van der Waals surface area contributed by atoms with Gasteiger partial charge in [0.25, 0.3) is 0 Å². The summed E-state index contributed by atoms with van der Waals surface area (Å²) in [5, 5.41) is 69.4. The van der Waals surface area contributed by atoms with E-state index >= 15 is 0 Å². The molecule has 4 heterocycles. The van der Waals surface area contributed by atoms with E-state index in [1.54, 1.807) is 0 Å². The lowest BCUT2D eigenvalue weighted by atomic mass is 9.90. The summed E-state index contributed by atoms with van der Waals surface area (Å²) in [5.41, 5.74) is 18.3. The zero-order valence-electron chi connectivity index (χ0n) is 52.6. The first-order chi connectivity index (χ1) is 48.8. The molecule has 0 aliphatic heterocycles. The molecule has 0 atom stereocenters. The van der Waals surface area contributed by atoms with Gasteiger partial charge in [-0.25, -0.2) is 9.97 Å². The summed E-state index contributed by atoms with van der Waals surface area (Å²) in [4.78, 5) is 10.9. The fraction of sp³-hybridized carbons (Fsp3) is 0. The highest BCUT2D eigenvalue weighted by atomic mass is 15.0. The standard InChI is InChI=1S/C88H47N11/c89-48-54-39-61(50-91)85(62(40-54)51-92)58-35-37-83-71(43-58)72-44-59(86-63(52-93)41-55(49-90)42-64(86)53-94)36-38-84(72)99(83)87-73(69-27-11-17-33-81(69)97-77-29-13-7-23-65(77)66-24-8-14-30-78(66)97)45-60(76-47-75(56-19-3-1-4-20-56)95-88(96-76)57-21-5-2-6-22-57)46-74(87)70-28-12-18-34-82(70)98-79-31-15-9-25-67(79)68-26-10-16-32-80(68)98/h1-47H. The van der Waals surface area contributed by atoms with E-state index in [0.717, 1.165) is 116 Å². The van der Waals surface area contributed by atoms with E-state index in [0.29, 0.717) is 44.5 Å². The van der Waals surface area contributed by atoms with Crippen LogP contribution in [0.15, 0.2) is 285 Å². The number of nitrogens with zero attached hydrogens (tertiary/aromatic N) is 11. The fourth-order valence-electron chi connectivity index (χ4n) is 14.6. The Balaban J connectivity index is 1.08. The minimum atomic E-state index is 0.156. The van der Waals surface area contributed by atoms with Gasteiger partial charge in [-0.15, -0.1) is 0 Å². The molecular weight excluding hydrogens is 1210 g/mol. The van der Waals surface area contributed by atoms with Crippen LogP contribution in [0.5, 0.6) is 0 Å². The molecule has 0 radical (unpaired) electrons. The van der Waals surface area contributed by atoms with Gasteiger partial charge in [0, 0.05) is 82.4 Å². The second-order valence-corrected chi connectivity index (χ2v) is 24.3. The van der Waals surface area contributed by atoms with Crippen molar-refractivity contribution < 1.29 is 0 Å². The molecular formula is C88H47N11. The van der Waals surface area contributed by atoms with Crippen molar-refractivity contribution in [2.75, 3.05) is 0 Å². The molecule has 0 spiro atoms. The molecule has 11 nitrogen and oxygen atoms in total. The molecule has 0 aliphatic rings. The summed E-state index contributed by atoms with van der Waals surface area (Å²) in [6, 6.07) is 109. The number of hydrogen-bond donors (Lipinski definition) is 0. The Kier molecular flexibility index (Phi) is 13.9. The van der Waals surface area contributed by atoms with Crippen LogP contribution in [0.25, 0.3) is 161 Å². The molecule has 0 bridgehead atoms. The number of fused-ring (bicyclic) bond motifs is 9. The van der Waals surface area contributed by atoms with Crippen LogP contribution in [-0.2, 0) is 0 Å². The van der Waals surface area contributed by atoms with E-state index in [2.05, 4.69) is 226 Å². The summed E-state index contributed by atoms with van der Waals surface area (Å²) < 4.78 is 7.01. The highest BCUT2D eigenvalue weighted by Crippen LogP contribution is 2.50. The maximum absolute atomic E-state index is 10.8. The molecule has 17 aromatic rings.